The first kappa shape index (κ1) is 12.4. The lowest BCUT2D eigenvalue weighted by Crippen LogP contribution is -2.10. The molecule has 0 fully saturated rings. The third kappa shape index (κ3) is 1.86. The normalized spacial score (nSPS) is 10.7. The number of aryl methyl sites for hydroxylation is 1. The Balaban J connectivity index is 2.20. The van der Waals surface area contributed by atoms with Crippen LogP contribution in [0.4, 0.5) is 0 Å². The molecule has 0 aliphatic heterocycles. The molecular weight excluding hydrogens is 252 g/mol. The van der Waals surface area contributed by atoms with E-state index in [-0.39, 0.29) is 5.78 Å². The molecule has 2 aromatic carbocycles. The van der Waals surface area contributed by atoms with Crippen molar-refractivity contribution < 1.29 is 9.53 Å². The summed E-state index contributed by atoms with van der Waals surface area (Å²) in [6, 6.07) is 13.5. The van der Waals surface area contributed by atoms with Gasteiger partial charge in [0.1, 0.15) is 0 Å². The molecule has 1 aromatic heterocycles. The summed E-state index contributed by atoms with van der Waals surface area (Å²) >= 11 is 0. The Kier molecular flexibility index (Phi) is 2.99. The average molecular weight is 266 g/mol. The highest BCUT2D eigenvalue weighted by molar-refractivity contribution is 6.16. The van der Waals surface area contributed by atoms with Crippen molar-refractivity contribution in [1.82, 2.24) is 9.78 Å². The minimum atomic E-state index is -0.0846. The van der Waals surface area contributed by atoms with E-state index in [1.54, 1.807) is 17.9 Å². The molecule has 4 heteroatoms. The molecule has 0 spiro atoms. The van der Waals surface area contributed by atoms with Gasteiger partial charge < -0.3 is 4.74 Å². The third-order valence-corrected chi connectivity index (χ3v) is 3.37. The lowest BCUT2D eigenvalue weighted by Gasteiger charge is -2.07. The Morgan fingerprint density at radius 2 is 1.90 bits per heavy atom. The van der Waals surface area contributed by atoms with E-state index in [4.69, 9.17) is 4.74 Å². The quantitative estimate of drug-likeness (QED) is 0.685. The summed E-state index contributed by atoms with van der Waals surface area (Å²) in [5.74, 6) is 0.407. The number of carbonyl (C=O) groups is 1. The van der Waals surface area contributed by atoms with Gasteiger partial charge in [0.2, 0.25) is 5.78 Å². The number of nitrogens with zero attached hydrogens (tertiary/aromatic N) is 2. The number of methoxy groups -OCH3 is 1. The predicted octanol–water partition coefficient (Wildman–Crippen LogP) is 2.81. The molecule has 0 atom stereocenters. The van der Waals surface area contributed by atoms with Gasteiger partial charge in [-0.1, -0.05) is 42.5 Å². The van der Waals surface area contributed by atoms with Gasteiger partial charge in [-0.3, -0.25) is 9.48 Å². The topological polar surface area (TPSA) is 44.1 Å². The summed E-state index contributed by atoms with van der Waals surface area (Å²) in [5, 5.41) is 6.06. The number of ether oxygens (including phenoxy) is 1. The molecule has 20 heavy (non-hydrogen) atoms. The maximum atomic E-state index is 12.8. The predicted molar refractivity (Wildman–Crippen MR) is 77.1 cm³/mol. The summed E-state index contributed by atoms with van der Waals surface area (Å²) in [7, 11) is 3.28. The summed E-state index contributed by atoms with van der Waals surface area (Å²) in [4.78, 5) is 12.8. The molecule has 4 nitrogen and oxygen atoms in total. The SMILES string of the molecule is COc1cnn(C)c1C(=O)c1cccc2ccccc12. The maximum Gasteiger partial charge on any atom is 0.215 e. The third-order valence-electron chi connectivity index (χ3n) is 3.37. The highest BCUT2D eigenvalue weighted by atomic mass is 16.5. The zero-order chi connectivity index (χ0) is 14.1. The number of rotatable bonds is 3. The van der Waals surface area contributed by atoms with E-state index >= 15 is 0 Å². The molecule has 0 saturated heterocycles. The van der Waals surface area contributed by atoms with Crippen LogP contribution in [0.5, 0.6) is 5.75 Å². The van der Waals surface area contributed by atoms with Gasteiger partial charge in [-0.25, -0.2) is 0 Å². The standard InChI is InChI=1S/C16H14N2O2/c1-18-15(14(20-2)10-17-18)16(19)13-9-5-7-11-6-3-4-8-12(11)13/h3-10H,1-2H3. The van der Waals surface area contributed by atoms with Crippen LogP contribution in [0.15, 0.2) is 48.7 Å². The molecular formula is C16H14N2O2. The van der Waals surface area contributed by atoms with Crippen LogP contribution in [0, 0.1) is 0 Å². The lowest BCUT2D eigenvalue weighted by atomic mass is 9.99. The van der Waals surface area contributed by atoms with Gasteiger partial charge in [0, 0.05) is 12.6 Å². The Morgan fingerprint density at radius 3 is 2.70 bits per heavy atom. The van der Waals surface area contributed by atoms with Gasteiger partial charge in [-0.05, 0) is 10.8 Å². The van der Waals surface area contributed by atoms with E-state index in [2.05, 4.69) is 5.10 Å². The Morgan fingerprint density at radius 1 is 1.15 bits per heavy atom. The molecule has 0 unspecified atom stereocenters. The number of hydrogen-bond donors (Lipinski definition) is 0. The first-order valence-corrected chi connectivity index (χ1v) is 6.31. The van der Waals surface area contributed by atoms with E-state index in [1.165, 1.54) is 7.11 Å². The number of hydrogen-bond acceptors (Lipinski definition) is 3. The van der Waals surface area contributed by atoms with Crippen molar-refractivity contribution in [2.75, 3.05) is 7.11 Å². The Hall–Kier alpha value is -2.62. The molecule has 0 N–H and O–H groups in total. The van der Waals surface area contributed by atoms with Gasteiger partial charge in [0.15, 0.2) is 11.4 Å². The van der Waals surface area contributed by atoms with E-state index in [1.807, 2.05) is 42.5 Å². The van der Waals surface area contributed by atoms with Crippen molar-refractivity contribution in [2.24, 2.45) is 7.05 Å². The van der Waals surface area contributed by atoms with Crippen LogP contribution in [0.2, 0.25) is 0 Å². The van der Waals surface area contributed by atoms with Crippen LogP contribution in [0.25, 0.3) is 10.8 Å². The largest absolute Gasteiger partial charge is 0.493 e. The lowest BCUT2D eigenvalue weighted by molar-refractivity contribution is 0.102. The second-order valence-electron chi connectivity index (χ2n) is 4.54. The minimum absolute atomic E-state index is 0.0846. The summed E-state index contributed by atoms with van der Waals surface area (Å²) in [5.41, 5.74) is 1.12. The van der Waals surface area contributed by atoms with Crippen molar-refractivity contribution in [3.05, 3.63) is 59.9 Å². The number of ketones is 1. The van der Waals surface area contributed by atoms with Gasteiger partial charge in [-0.15, -0.1) is 0 Å². The summed E-state index contributed by atoms with van der Waals surface area (Å²) < 4.78 is 6.76. The second-order valence-corrected chi connectivity index (χ2v) is 4.54. The number of aromatic nitrogens is 2. The maximum absolute atomic E-state index is 12.8. The van der Waals surface area contributed by atoms with E-state index in [9.17, 15) is 4.79 Å². The zero-order valence-electron chi connectivity index (χ0n) is 11.3. The van der Waals surface area contributed by atoms with Crippen molar-refractivity contribution in [3.8, 4) is 5.75 Å². The molecule has 0 bridgehead atoms. The van der Waals surface area contributed by atoms with Crippen LogP contribution in [0.1, 0.15) is 16.1 Å². The molecule has 0 radical (unpaired) electrons. The van der Waals surface area contributed by atoms with Crippen molar-refractivity contribution in [3.63, 3.8) is 0 Å². The van der Waals surface area contributed by atoms with Crippen LogP contribution in [-0.4, -0.2) is 22.7 Å². The number of carbonyl (C=O) groups excluding carboxylic acids is 1. The van der Waals surface area contributed by atoms with E-state index in [0.717, 1.165) is 10.8 Å². The van der Waals surface area contributed by atoms with Crippen molar-refractivity contribution in [2.45, 2.75) is 0 Å². The molecule has 0 amide bonds. The Bertz CT molecular complexity index is 785. The monoisotopic (exact) mass is 266 g/mol. The molecule has 3 aromatic rings. The molecule has 0 aliphatic rings. The fourth-order valence-corrected chi connectivity index (χ4v) is 2.38. The van der Waals surface area contributed by atoms with Crippen molar-refractivity contribution in [1.29, 1.82) is 0 Å². The summed E-state index contributed by atoms with van der Waals surface area (Å²) in [6.07, 6.45) is 1.55. The Labute approximate surface area is 116 Å². The number of benzene rings is 2. The molecule has 0 aliphatic carbocycles. The van der Waals surface area contributed by atoms with Crippen LogP contribution >= 0.6 is 0 Å². The fourth-order valence-electron chi connectivity index (χ4n) is 2.38. The number of fused-ring (bicyclic) bond motifs is 1. The average Bonchev–Trinajstić information content (AvgIpc) is 2.87. The van der Waals surface area contributed by atoms with Gasteiger partial charge >= 0.3 is 0 Å². The van der Waals surface area contributed by atoms with Crippen LogP contribution < -0.4 is 4.74 Å². The van der Waals surface area contributed by atoms with Crippen LogP contribution in [0.3, 0.4) is 0 Å². The second kappa shape index (κ2) is 4.81. The zero-order valence-corrected chi connectivity index (χ0v) is 11.3. The van der Waals surface area contributed by atoms with Gasteiger partial charge in [-0.2, -0.15) is 5.10 Å². The van der Waals surface area contributed by atoms with Crippen LogP contribution in [-0.2, 0) is 7.05 Å². The first-order valence-electron chi connectivity index (χ1n) is 6.31. The van der Waals surface area contributed by atoms with E-state index in [0.29, 0.717) is 17.0 Å². The highest BCUT2D eigenvalue weighted by Gasteiger charge is 2.20. The molecule has 3 rings (SSSR count). The first-order chi connectivity index (χ1) is 9.72. The smallest absolute Gasteiger partial charge is 0.215 e. The molecule has 1 heterocycles. The fraction of sp³-hybridized carbons (Fsp3) is 0.125. The van der Waals surface area contributed by atoms with Gasteiger partial charge in [0.05, 0.1) is 13.3 Å². The minimum Gasteiger partial charge on any atom is -0.493 e. The molecule has 100 valence electrons. The van der Waals surface area contributed by atoms with Crippen molar-refractivity contribution >= 4 is 16.6 Å². The molecule has 0 saturated carbocycles. The summed E-state index contributed by atoms with van der Waals surface area (Å²) in [6.45, 7) is 0. The van der Waals surface area contributed by atoms with Gasteiger partial charge in [0.25, 0.3) is 0 Å². The van der Waals surface area contributed by atoms with E-state index < -0.39 is 0 Å². The highest BCUT2D eigenvalue weighted by Crippen LogP contribution is 2.25.